The van der Waals surface area contributed by atoms with E-state index in [2.05, 4.69) is 20.9 Å². The van der Waals surface area contributed by atoms with Crippen LogP contribution in [0.3, 0.4) is 0 Å². The number of para-hydroxylation sites is 1. The number of fused-ring (bicyclic) bond motifs is 1. The largest absolute Gasteiger partial charge is 0.388 e. The Balaban J connectivity index is 1.88. The number of rotatable bonds is 3. The molecule has 0 bridgehead atoms. The lowest BCUT2D eigenvalue weighted by Gasteiger charge is -2.11. The SMILES string of the molecule is OC(Cc1nc2ccccc2s1)c1cc(F)ccc1Br. The fourth-order valence-corrected chi connectivity index (χ4v) is 3.57. The van der Waals surface area contributed by atoms with Gasteiger partial charge in [-0.15, -0.1) is 11.3 Å². The van der Waals surface area contributed by atoms with Crippen molar-refractivity contribution in [2.45, 2.75) is 12.5 Å². The normalized spacial score (nSPS) is 12.8. The summed E-state index contributed by atoms with van der Waals surface area (Å²) in [5, 5.41) is 11.1. The van der Waals surface area contributed by atoms with Crippen LogP contribution < -0.4 is 0 Å². The van der Waals surface area contributed by atoms with Gasteiger partial charge in [0.25, 0.3) is 0 Å². The van der Waals surface area contributed by atoms with Crippen molar-refractivity contribution in [3.05, 3.63) is 63.3 Å². The van der Waals surface area contributed by atoms with E-state index in [0.29, 0.717) is 16.5 Å². The molecule has 0 saturated heterocycles. The monoisotopic (exact) mass is 351 g/mol. The van der Waals surface area contributed by atoms with Gasteiger partial charge in [-0.05, 0) is 35.9 Å². The van der Waals surface area contributed by atoms with Crippen molar-refractivity contribution in [1.82, 2.24) is 4.98 Å². The van der Waals surface area contributed by atoms with E-state index in [1.807, 2.05) is 24.3 Å². The number of aromatic nitrogens is 1. The molecule has 3 aromatic rings. The molecule has 20 heavy (non-hydrogen) atoms. The lowest BCUT2D eigenvalue weighted by molar-refractivity contribution is 0.177. The summed E-state index contributed by atoms with van der Waals surface area (Å²) in [4.78, 5) is 4.48. The van der Waals surface area contributed by atoms with Gasteiger partial charge in [0.2, 0.25) is 0 Å². The summed E-state index contributed by atoms with van der Waals surface area (Å²) in [6, 6.07) is 12.2. The molecule has 0 aliphatic rings. The van der Waals surface area contributed by atoms with E-state index in [1.165, 1.54) is 12.1 Å². The highest BCUT2D eigenvalue weighted by atomic mass is 79.9. The Hall–Kier alpha value is -1.30. The molecule has 1 aromatic heterocycles. The van der Waals surface area contributed by atoms with E-state index >= 15 is 0 Å². The van der Waals surface area contributed by atoms with Crippen molar-refractivity contribution in [3.63, 3.8) is 0 Å². The molecule has 0 amide bonds. The molecule has 0 aliphatic carbocycles. The third kappa shape index (κ3) is 2.75. The van der Waals surface area contributed by atoms with Gasteiger partial charge in [0, 0.05) is 10.9 Å². The van der Waals surface area contributed by atoms with Gasteiger partial charge in [0.05, 0.1) is 21.3 Å². The molecular weight excluding hydrogens is 341 g/mol. The molecule has 0 radical (unpaired) electrons. The Morgan fingerprint density at radius 3 is 2.85 bits per heavy atom. The lowest BCUT2D eigenvalue weighted by atomic mass is 10.1. The molecule has 1 unspecified atom stereocenters. The van der Waals surface area contributed by atoms with E-state index in [4.69, 9.17) is 0 Å². The van der Waals surface area contributed by atoms with Gasteiger partial charge in [-0.25, -0.2) is 9.37 Å². The first-order valence-corrected chi connectivity index (χ1v) is 7.72. The van der Waals surface area contributed by atoms with Crippen LogP contribution in [0.5, 0.6) is 0 Å². The fourth-order valence-electron chi connectivity index (χ4n) is 2.05. The second-order valence-electron chi connectivity index (χ2n) is 4.46. The molecule has 0 aliphatic heterocycles. The highest BCUT2D eigenvalue weighted by Crippen LogP contribution is 2.29. The number of thiazole rings is 1. The zero-order chi connectivity index (χ0) is 14.1. The maximum atomic E-state index is 13.3. The van der Waals surface area contributed by atoms with Gasteiger partial charge >= 0.3 is 0 Å². The number of aliphatic hydroxyl groups is 1. The summed E-state index contributed by atoms with van der Waals surface area (Å²) >= 11 is 4.89. The van der Waals surface area contributed by atoms with Gasteiger partial charge in [-0.2, -0.15) is 0 Å². The fraction of sp³-hybridized carbons (Fsp3) is 0.133. The molecule has 0 fully saturated rings. The van der Waals surface area contributed by atoms with Crippen molar-refractivity contribution in [2.75, 3.05) is 0 Å². The van der Waals surface area contributed by atoms with Crippen molar-refractivity contribution >= 4 is 37.5 Å². The van der Waals surface area contributed by atoms with Crippen molar-refractivity contribution in [2.24, 2.45) is 0 Å². The van der Waals surface area contributed by atoms with Crippen LogP contribution in [0.25, 0.3) is 10.2 Å². The van der Waals surface area contributed by atoms with Crippen molar-refractivity contribution in [1.29, 1.82) is 0 Å². The second kappa shape index (κ2) is 5.60. The summed E-state index contributed by atoms with van der Waals surface area (Å²) in [6.07, 6.45) is -0.401. The number of benzene rings is 2. The van der Waals surface area contributed by atoms with Crippen molar-refractivity contribution < 1.29 is 9.50 Å². The molecule has 1 heterocycles. The highest BCUT2D eigenvalue weighted by molar-refractivity contribution is 9.10. The third-order valence-electron chi connectivity index (χ3n) is 3.02. The van der Waals surface area contributed by atoms with E-state index in [1.54, 1.807) is 17.4 Å². The standard InChI is InChI=1S/C15H11BrFNOS/c16-11-6-5-9(17)7-10(11)13(19)8-15-18-12-3-1-2-4-14(12)20-15/h1-7,13,19H,8H2. The van der Waals surface area contributed by atoms with E-state index in [9.17, 15) is 9.50 Å². The number of hydrogen-bond acceptors (Lipinski definition) is 3. The molecule has 0 spiro atoms. The topological polar surface area (TPSA) is 33.1 Å². The first-order chi connectivity index (χ1) is 9.63. The minimum atomic E-state index is -0.777. The molecular formula is C15H11BrFNOS. The second-order valence-corrected chi connectivity index (χ2v) is 6.43. The van der Waals surface area contributed by atoms with E-state index in [0.717, 1.165) is 15.2 Å². The lowest BCUT2D eigenvalue weighted by Crippen LogP contribution is -2.03. The number of halogens is 2. The molecule has 2 nitrogen and oxygen atoms in total. The molecule has 1 atom stereocenters. The molecule has 2 aromatic carbocycles. The van der Waals surface area contributed by atoms with Crippen LogP contribution in [0, 0.1) is 5.82 Å². The first kappa shape index (κ1) is 13.7. The third-order valence-corrected chi connectivity index (χ3v) is 4.80. The quantitative estimate of drug-likeness (QED) is 0.754. The summed E-state index contributed by atoms with van der Waals surface area (Å²) in [7, 11) is 0. The van der Waals surface area contributed by atoms with Gasteiger partial charge in [0.1, 0.15) is 5.82 Å². The number of aliphatic hydroxyl groups excluding tert-OH is 1. The van der Waals surface area contributed by atoms with Crippen LogP contribution in [0.15, 0.2) is 46.9 Å². The van der Waals surface area contributed by atoms with Gasteiger partial charge < -0.3 is 5.11 Å². The Morgan fingerprint density at radius 2 is 2.05 bits per heavy atom. The van der Waals surface area contributed by atoms with Gasteiger partial charge in [-0.1, -0.05) is 28.1 Å². The van der Waals surface area contributed by atoms with Crippen LogP contribution in [0.1, 0.15) is 16.7 Å². The zero-order valence-corrected chi connectivity index (χ0v) is 12.8. The maximum Gasteiger partial charge on any atom is 0.123 e. The van der Waals surface area contributed by atoms with Crippen LogP contribution in [-0.2, 0) is 6.42 Å². The van der Waals surface area contributed by atoms with Crippen LogP contribution in [-0.4, -0.2) is 10.1 Å². The summed E-state index contributed by atoms with van der Waals surface area (Å²) in [6.45, 7) is 0. The summed E-state index contributed by atoms with van der Waals surface area (Å²) in [5.74, 6) is -0.355. The van der Waals surface area contributed by atoms with Crippen LogP contribution >= 0.6 is 27.3 Å². The average molecular weight is 352 g/mol. The van der Waals surface area contributed by atoms with Gasteiger partial charge in [0.15, 0.2) is 0 Å². The highest BCUT2D eigenvalue weighted by Gasteiger charge is 2.15. The number of nitrogens with zero attached hydrogens (tertiary/aromatic N) is 1. The Bertz CT molecular complexity index is 725. The predicted octanol–water partition coefficient (Wildman–Crippen LogP) is 4.47. The Kier molecular flexibility index (Phi) is 3.83. The first-order valence-electron chi connectivity index (χ1n) is 6.11. The van der Waals surface area contributed by atoms with E-state index < -0.39 is 6.10 Å². The summed E-state index contributed by atoms with van der Waals surface area (Å²) < 4.78 is 15.1. The van der Waals surface area contributed by atoms with E-state index in [-0.39, 0.29) is 5.82 Å². The Labute approximate surface area is 128 Å². The maximum absolute atomic E-state index is 13.3. The molecule has 0 saturated carbocycles. The smallest absolute Gasteiger partial charge is 0.123 e. The van der Waals surface area contributed by atoms with Gasteiger partial charge in [-0.3, -0.25) is 0 Å². The molecule has 3 rings (SSSR count). The zero-order valence-electron chi connectivity index (χ0n) is 10.4. The minimum Gasteiger partial charge on any atom is -0.388 e. The Morgan fingerprint density at radius 1 is 1.25 bits per heavy atom. The molecule has 102 valence electrons. The average Bonchev–Trinajstić information content (AvgIpc) is 2.83. The molecule has 5 heteroatoms. The molecule has 1 N–H and O–H groups in total. The van der Waals surface area contributed by atoms with Crippen LogP contribution in [0.2, 0.25) is 0 Å². The van der Waals surface area contributed by atoms with Crippen LogP contribution in [0.4, 0.5) is 4.39 Å². The predicted molar refractivity (Wildman–Crippen MR) is 82.4 cm³/mol. The minimum absolute atomic E-state index is 0.355. The van der Waals surface area contributed by atoms with Crippen molar-refractivity contribution in [3.8, 4) is 0 Å². The summed E-state index contributed by atoms with van der Waals surface area (Å²) in [5.41, 5.74) is 1.47. The number of hydrogen-bond donors (Lipinski definition) is 1.